The van der Waals surface area contributed by atoms with Crippen LogP contribution in [0, 0.1) is 6.92 Å². The molecule has 1 aromatic carbocycles. The fraction of sp³-hybridized carbons (Fsp3) is 0.650. The van der Waals surface area contributed by atoms with Crippen LogP contribution in [0.4, 0.5) is 0 Å². The molecule has 0 aromatic heterocycles. The van der Waals surface area contributed by atoms with Crippen molar-refractivity contribution in [2.45, 2.75) is 59.0 Å². The maximum absolute atomic E-state index is 4.77. The van der Waals surface area contributed by atoms with Crippen LogP contribution in [0.3, 0.4) is 0 Å². The minimum atomic E-state index is 0. The fourth-order valence-corrected chi connectivity index (χ4v) is 3.24. The van der Waals surface area contributed by atoms with Crippen LogP contribution >= 0.6 is 24.0 Å². The molecular weight excluding hydrogens is 423 g/mol. The highest BCUT2D eigenvalue weighted by Gasteiger charge is 2.21. The van der Waals surface area contributed by atoms with Gasteiger partial charge in [0.05, 0.1) is 0 Å². The van der Waals surface area contributed by atoms with E-state index in [1.165, 1.54) is 37.1 Å². The minimum absolute atomic E-state index is 0. The largest absolute Gasteiger partial charge is 0.357 e. The van der Waals surface area contributed by atoms with E-state index in [4.69, 9.17) is 4.99 Å². The van der Waals surface area contributed by atoms with Crippen molar-refractivity contribution in [3.05, 3.63) is 35.4 Å². The number of nitrogens with one attached hydrogen (secondary N) is 2. The predicted octanol–water partition coefficient (Wildman–Crippen LogP) is 3.58. The summed E-state index contributed by atoms with van der Waals surface area (Å²) in [5.74, 6) is 0.966. The van der Waals surface area contributed by atoms with E-state index < -0.39 is 0 Å². The molecule has 0 spiro atoms. The molecule has 1 aliphatic heterocycles. The molecule has 2 N–H and O–H groups in total. The Morgan fingerprint density at radius 1 is 1.28 bits per heavy atom. The van der Waals surface area contributed by atoms with E-state index >= 15 is 0 Å². The summed E-state index contributed by atoms with van der Waals surface area (Å²) in [7, 11) is 0. The average molecular weight is 458 g/mol. The lowest BCUT2D eigenvalue weighted by Crippen LogP contribution is -2.49. The Labute approximate surface area is 170 Å². The maximum Gasteiger partial charge on any atom is 0.191 e. The van der Waals surface area contributed by atoms with E-state index in [0.717, 1.165) is 25.5 Å². The number of benzene rings is 1. The lowest BCUT2D eigenvalue weighted by atomic mass is 10.0. The van der Waals surface area contributed by atoms with Crippen LogP contribution in [0.1, 0.15) is 44.7 Å². The number of hydrogen-bond donors (Lipinski definition) is 2. The van der Waals surface area contributed by atoms with Crippen LogP contribution in [0.2, 0.25) is 0 Å². The molecular formula is C20H35IN4. The van der Waals surface area contributed by atoms with Crippen molar-refractivity contribution in [2.75, 3.05) is 26.2 Å². The molecule has 1 saturated heterocycles. The number of nitrogens with zero attached hydrogens (tertiary/aromatic N) is 2. The van der Waals surface area contributed by atoms with Crippen LogP contribution in [0.15, 0.2) is 29.3 Å². The van der Waals surface area contributed by atoms with Crippen molar-refractivity contribution in [3.8, 4) is 0 Å². The van der Waals surface area contributed by atoms with Gasteiger partial charge in [0.25, 0.3) is 0 Å². The van der Waals surface area contributed by atoms with Gasteiger partial charge in [0.1, 0.15) is 0 Å². The molecule has 0 atom stereocenters. The van der Waals surface area contributed by atoms with Gasteiger partial charge >= 0.3 is 0 Å². The molecule has 4 nitrogen and oxygen atoms in total. The van der Waals surface area contributed by atoms with Gasteiger partial charge in [-0.15, -0.1) is 24.0 Å². The zero-order chi connectivity index (χ0) is 17.4. The van der Waals surface area contributed by atoms with Crippen molar-refractivity contribution < 1.29 is 0 Å². The Hall–Kier alpha value is -0.820. The van der Waals surface area contributed by atoms with Crippen molar-refractivity contribution in [1.82, 2.24) is 15.5 Å². The lowest BCUT2D eigenvalue weighted by Gasteiger charge is -2.35. The third kappa shape index (κ3) is 7.94. The Morgan fingerprint density at radius 3 is 2.60 bits per heavy atom. The smallest absolute Gasteiger partial charge is 0.191 e. The molecule has 0 saturated carbocycles. The summed E-state index contributed by atoms with van der Waals surface area (Å²) in [5.41, 5.74) is 2.68. The van der Waals surface area contributed by atoms with Crippen LogP contribution < -0.4 is 10.6 Å². The Kier molecular flexibility index (Phi) is 10.4. The molecule has 1 heterocycles. The summed E-state index contributed by atoms with van der Waals surface area (Å²) >= 11 is 0. The first-order valence-corrected chi connectivity index (χ1v) is 9.43. The topological polar surface area (TPSA) is 39.7 Å². The van der Waals surface area contributed by atoms with Gasteiger partial charge in [0.2, 0.25) is 0 Å². The first kappa shape index (κ1) is 22.2. The molecule has 1 aliphatic rings. The molecule has 0 amide bonds. The average Bonchev–Trinajstić information content (AvgIpc) is 2.55. The van der Waals surface area contributed by atoms with E-state index in [9.17, 15) is 0 Å². The van der Waals surface area contributed by atoms with Gasteiger partial charge in [-0.3, -0.25) is 4.99 Å². The van der Waals surface area contributed by atoms with Crippen molar-refractivity contribution in [3.63, 3.8) is 0 Å². The van der Waals surface area contributed by atoms with E-state index in [1.54, 1.807) is 0 Å². The second kappa shape index (κ2) is 11.7. The van der Waals surface area contributed by atoms with Gasteiger partial charge in [-0.25, -0.2) is 0 Å². The quantitative estimate of drug-likeness (QED) is 0.389. The van der Waals surface area contributed by atoms with E-state index in [2.05, 4.69) is 67.5 Å². The second-order valence-electron chi connectivity index (χ2n) is 7.05. The van der Waals surface area contributed by atoms with E-state index in [0.29, 0.717) is 12.1 Å². The van der Waals surface area contributed by atoms with Crippen molar-refractivity contribution >= 4 is 29.9 Å². The summed E-state index contributed by atoms with van der Waals surface area (Å²) < 4.78 is 0. The van der Waals surface area contributed by atoms with Crippen LogP contribution in [0.5, 0.6) is 0 Å². The molecule has 2 rings (SSSR count). The molecule has 0 aliphatic carbocycles. The SMILES string of the molecule is CCNC(=NCCc1cccc(C)c1)NC1CCN(C(C)C)CC1.I. The zero-order valence-corrected chi connectivity index (χ0v) is 18.5. The monoisotopic (exact) mass is 458 g/mol. The summed E-state index contributed by atoms with van der Waals surface area (Å²) in [5, 5.41) is 7.01. The number of likely N-dealkylation sites (tertiary alicyclic amines) is 1. The van der Waals surface area contributed by atoms with Crippen molar-refractivity contribution in [1.29, 1.82) is 0 Å². The van der Waals surface area contributed by atoms with Crippen LogP contribution in [-0.2, 0) is 6.42 Å². The molecule has 0 bridgehead atoms. The molecule has 5 heteroatoms. The number of piperidine rings is 1. The third-order valence-corrected chi connectivity index (χ3v) is 4.70. The van der Waals surface area contributed by atoms with Crippen LogP contribution in [-0.4, -0.2) is 49.1 Å². The summed E-state index contributed by atoms with van der Waals surface area (Å²) in [6, 6.07) is 9.89. The highest BCUT2D eigenvalue weighted by molar-refractivity contribution is 14.0. The molecule has 1 fully saturated rings. The van der Waals surface area contributed by atoms with Gasteiger partial charge in [0, 0.05) is 38.3 Å². The number of hydrogen-bond acceptors (Lipinski definition) is 2. The summed E-state index contributed by atoms with van der Waals surface area (Å²) in [4.78, 5) is 7.32. The normalized spacial score (nSPS) is 16.6. The highest BCUT2D eigenvalue weighted by Crippen LogP contribution is 2.12. The second-order valence-corrected chi connectivity index (χ2v) is 7.05. The van der Waals surface area contributed by atoms with Crippen LogP contribution in [0.25, 0.3) is 0 Å². The fourth-order valence-electron chi connectivity index (χ4n) is 3.24. The van der Waals surface area contributed by atoms with Gasteiger partial charge in [0.15, 0.2) is 5.96 Å². The number of halogens is 1. The Bertz CT molecular complexity index is 522. The lowest BCUT2D eigenvalue weighted by molar-refractivity contribution is 0.167. The maximum atomic E-state index is 4.77. The number of guanidine groups is 1. The minimum Gasteiger partial charge on any atom is -0.357 e. The van der Waals surface area contributed by atoms with Gasteiger partial charge < -0.3 is 15.5 Å². The third-order valence-electron chi connectivity index (χ3n) is 4.70. The van der Waals surface area contributed by atoms with Gasteiger partial charge in [-0.05, 0) is 52.5 Å². The van der Waals surface area contributed by atoms with E-state index in [1.807, 2.05) is 0 Å². The molecule has 25 heavy (non-hydrogen) atoms. The molecule has 1 aromatic rings. The zero-order valence-electron chi connectivity index (χ0n) is 16.2. The van der Waals surface area contributed by atoms with E-state index in [-0.39, 0.29) is 24.0 Å². The predicted molar refractivity (Wildman–Crippen MR) is 119 cm³/mol. The Balaban J connectivity index is 0.00000312. The first-order valence-electron chi connectivity index (χ1n) is 9.43. The Morgan fingerprint density at radius 2 is 2.00 bits per heavy atom. The standard InChI is InChI=1S/C20H34N4.HI/c1-5-21-20(22-12-9-18-8-6-7-17(4)15-18)23-19-10-13-24(14-11-19)16(2)3;/h6-8,15-16,19H,5,9-14H2,1-4H3,(H2,21,22,23);1H. The van der Waals surface area contributed by atoms with Crippen molar-refractivity contribution in [2.24, 2.45) is 4.99 Å². The summed E-state index contributed by atoms with van der Waals surface area (Å²) in [6.45, 7) is 12.9. The first-order chi connectivity index (χ1) is 11.6. The van der Waals surface area contributed by atoms with Gasteiger partial charge in [-0.1, -0.05) is 29.8 Å². The number of aryl methyl sites for hydroxylation is 1. The highest BCUT2D eigenvalue weighted by atomic mass is 127. The number of aliphatic imine (C=N–C) groups is 1. The molecule has 0 unspecified atom stereocenters. The summed E-state index contributed by atoms with van der Waals surface area (Å²) in [6.07, 6.45) is 3.38. The number of rotatable bonds is 6. The molecule has 142 valence electrons. The van der Waals surface area contributed by atoms with Gasteiger partial charge in [-0.2, -0.15) is 0 Å². The molecule has 0 radical (unpaired) electrons.